The molecule has 1 aliphatic heterocycles. The third kappa shape index (κ3) is 2.75. The van der Waals surface area contributed by atoms with Gasteiger partial charge in [-0.15, -0.1) is 0 Å². The van der Waals surface area contributed by atoms with Crippen molar-refractivity contribution in [1.29, 1.82) is 0 Å². The van der Waals surface area contributed by atoms with Gasteiger partial charge in [0.2, 0.25) is 0 Å². The van der Waals surface area contributed by atoms with Gasteiger partial charge in [0.25, 0.3) is 0 Å². The quantitative estimate of drug-likeness (QED) is 0.756. The molecule has 1 atom stereocenters. The average Bonchev–Trinajstić information content (AvgIpc) is 2.30. The Morgan fingerprint density at radius 1 is 1.56 bits per heavy atom. The number of rotatable bonds is 3. The highest BCUT2D eigenvalue weighted by Gasteiger charge is 2.20. The second-order valence-corrected chi connectivity index (χ2v) is 4.08. The molecule has 0 aliphatic carbocycles. The molecule has 0 amide bonds. The van der Waals surface area contributed by atoms with E-state index in [9.17, 15) is 4.39 Å². The summed E-state index contributed by atoms with van der Waals surface area (Å²) in [4.78, 5) is 6.12. The number of pyridine rings is 1. The minimum absolute atomic E-state index is 0.281. The van der Waals surface area contributed by atoms with Crippen LogP contribution in [0.3, 0.4) is 0 Å². The first-order chi connectivity index (χ1) is 7.79. The van der Waals surface area contributed by atoms with Crippen LogP contribution in [0.25, 0.3) is 0 Å². The Morgan fingerprint density at radius 3 is 3.19 bits per heavy atom. The second-order valence-electron chi connectivity index (χ2n) is 4.08. The lowest BCUT2D eigenvalue weighted by atomic mass is 10.1. The van der Waals surface area contributed by atoms with Gasteiger partial charge in [0.1, 0.15) is 5.82 Å². The van der Waals surface area contributed by atoms with Gasteiger partial charge in [-0.05, 0) is 11.6 Å². The molecule has 2 heterocycles. The molecule has 0 saturated carbocycles. The fourth-order valence-corrected chi connectivity index (χ4v) is 2.02. The SMILES string of the molecule is NCC1CNCCN1Cc1cncc(F)c1. The minimum atomic E-state index is -0.281. The third-order valence-electron chi connectivity index (χ3n) is 2.89. The summed E-state index contributed by atoms with van der Waals surface area (Å²) < 4.78 is 13.0. The van der Waals surface area contributed by atoms with E-state index in [0.717, 1.165) is 25.2 Å². The van der Waals surface area contributed by atoms with Gasteiger partial charge in [0.05, 0.1) is 6.20 Å². The van der Waals surface area contributed by atoms with Crippen LogP contribution in [0.5, 0.6) is 0 Å². The molecule has 1 aromatic rings. The molecule has 3 N–H and O–H groups in total. The number of hydrogen-bond donors (Lipinski definition) is 2. The fourth-order valence-electron chi connectivity index (χ4n) is 2.02. The lowest BCUT2D eigenvalue weighted by Crippen LogP contribution is -2.53. The Morgan fingerprint density at radius 2 is 2.44 bits per heavy atom. The van der Waals surface area contributed by atoms with Gasteiger partial charge in [-0.2, -0.15) is 0 Å². The third-order valence-corrected chi connectivity index (χ3v) is 2.89. The Balaban J connectivity index is 2.02. The van der Waals surface area contributed by atoms with Gasteiger partial charge >= 0.3 is 0 Å². The molecule has 1 saturated heterocycles. The fraction of sp³-hybridized carbons (Fsp3) is 0.545. The zero-order valence-corrected chi connectivity index (χ0v) is 9.19. The molecule has 5 heteroatoms. The molecule has 2 rings (SSSR count). The van der Waals surface area contributed by atoms with E-state index in [1.54, 1.807) is 6.20 Å². The van der Waals surface area contributed by atoms with Crippen LogP contribution in [0.1, 0.15) is 5.56 Å². The molecule has 4 nitrogen and oxygen atoms in total. The number of nitrogens with zero attached hydrogens (tertiary/aromatic N) is 2. The second kappa shape index (κ2) is 5.34. The van der Waals surface area contributed by atoms with Gasteiger partial charge < -0.3 is 11.1 Å². The van der Waals surface area contributed by atoms with Crippen LogP contribution >= 0.6 is 0 Å². The maximum Gasteiger partial charge on any atom is 0.141 e. The first-order valence-corrected chi connectivity index (χ1v) is 5.54. The van der Waals surface area contributed by atoms with Gasteiger partial charge in [-0.3, -0.25) is 9.88 Å². The molecule has 0 bridgehead atoms. The summed E-state index contributed by atoms with van der Waals surface area (Å²) in [6, 6.07) is 1.86. The topological polar surface area (TPSA) is 54.2 Å². The van der Waals surface area contributed by atoms with Crippen LogP contribution in [0.15, 0.2) is 18.5 Å². The molecule has 88 valence electrons. The summed E-state index contributed by atoms with van der Waals surface area (Å²) in [6.45, 7) is 4.14. The van der Waals surface area contributed by atoms with Crippen molar-refractivity contribution in [3.8, 4) is 0 Å². The maximum atomic E-state index is 13.0. The molecule has 1 fully saturated rings. The lowest BCUT2D eigenvalue weighted by Gasteiger charge is -2.35. The first-order valence-electron chi connectivity index (χ1n) is 5.54. The summed E-state index contributed by atoms with van der Waals surface area (Å²) in [6.07, 6.45) is 2.93. The van der Waals surface area contributed by atoms with E-state index >= 15 is 0 Å². The molecule has 1 aromatic heterocycles. The molecule has 0 spiro atoms. The highest BCUT2D eigenvalue weighted by Crippen LogP contribution is 2.09. The van der Waals surface area contributed by atoms with E-state index in [1.165, 1.54) is 12.3 Å². The van der Waals surface area contributed by atoms with E-state index < -0.39 is 0 Å². The van der Waals surface area contributed by atoms with Crippen molar-refractivity contribution in [3.63, 3.8) is 0 Å². The van der Waals surface area contributed by atoms with Crippen molar-refractivity contribution >= 4 is 0 Å². The number of nitrogens with two attached hydrogens (primary N) is 1. The van der Waals surface area contributed by atoms with Crippen molar-refractivity contribution in [2.24, 2.45) is 5.73 Å². The normalized spacial score (nSPS) is 22.2. The minimum Gasteiger partial charge on any atom is -0.329 e. The first kappa shape index (κ1) is 11.4. The number of halogens is 1. The maximum absolute atomic E-state index is 13.0. The zero-order valence-electron chi connectivity index (χ0n) is 9.19. The Hall–Kier alpha value is -1.04. The molecule has 1 aliphatic rings. The van der Waals surface area contributed by atoms with Crippen molar-refractivity contribution < 1.29 is 4.39 Å². The lowest BCUT2D eigenvalue weighted by molar-refractivity contribution is 0.157. The van der Waals surface area contributed by atoms with Crippen molar-refractivity contribution in [3.05, 3.63) is 29.8 Å². The van der Waals surface area contributed by atoms with Crippen LogP contribution in [0, 0.1) is 5.82 Å². The van der Waals surface area contributed by atoms with E-state index in [1.807, 2.05) is 0 Å². The van der Waals surface area contributed by atoms with Crippen LogP contribution in [-0.2, 0) is 6.54 Å². The smallest absolute Gasteiger partial charge is 0.141 e. The number of aromatic nitrogens is 1. The van der Waals surface area contributed by atoms with Gasteiger partial charge in [-0.25, -0.2) is 4.39 Å². The monoisotopic (exact) mass is 224 g/mol. The summed E-state index contributed by atoms with van der Waals surface area (Å²) in [5.74, 6) is -0.281. The molecule has 1 unspecified atom stereocenters. The molecule has 16 heavy (non-hydrogen) atoms. The molecular formula is C11H17FN4. The standard InChI is InChI=1S/C11H17FN4/c12-10-3-9(5-15-6-10)8-16-2-1-14-7-11(16)4-13/h3,5-6,11,14H,1-2,4,7-8,13H2. The average molecular weight is 224 g/mol. The highest BCUT2D eigenvalue weighted by molar-refractivity contribution is 5.10. The van der Waals surface area contributed by atoms with Crippen LogP contribution in [0.4, 0.5) is 4.39 Å². The van der Waals surface area contributed by atoms with Gasteiger partial charge in [-0.1, -0.05) is 0 Å². The number of piperazine rings is 1. The Bertz CT molecular complexity index is 345. The Labute approximate surface area is 94.6 Å². The summed E-state index contributed by atoms with van der Waals surface area (Å²) in [5, 5.41) is 3.30. The van der Waals surface area contributed by atoms with Crippen molar-refractivity contribution in [1.82, 2.24) is 15.2 Å². The van der Waals surface area contributed by atoms with Gasteiger partial charge in [0, 0.05) is 45.0 Å². The predicted octanol–water partition coefficient (Wildman–Crippen LogP) is -0.0468. The summed E-state index contributed by atoms with van der Waals surface area (Å²) >= 11 is 0. The number of hydrogen-bond acceptors (Lipinski definition) is 4. The molecule has 0 aromatic carbocycles. The summed E-state index contributed by atoms with van der Waals surface area (Å²) in [5.41, 5.74) is 6.61. The molecule has 0 radical (unpaired) electrons. The van der Waals surface area contributed by atoms with E-state index in [0.29, 0.717) is 19.1 Å². The molecular weight excluding hydrogens is 207 g/mol. The van der Waals surface area contributed by atoms with E-state index in [4.69, 9.17) is 5.73 Å². The van der Waals surface area contributed by atoms with Crippen molar-refractivity contribution in [2.75, 3.05) is 26.2 Å². The van der Waals surface area contributed by atoms with Gasteiger partial charge in [0.15, 0.2) is 0 Å². The Kier molecular flexibility index (Phi) is 3.82. The van der Waals surface area contributed by atoms with Crippen molar-refractivity contribution in [2.45, 2.75) is 12.6 Å². The predicted molar refractivity (Wildman–Crippen MR) is 60.3 cm³/mol. The largest absolute Gasteiger partial charge is 0.329 e. The zero-order chi connectivity index (χ0) is 11.4. The van der Waals surface area contributed by atoms with E-state index in [-0.39, 0.29) is 5.82 Å². The highest BCUT2D eigenvalue weighted by atomic mass is 19.1. The van der Waals surface area contributed by atoms with E-state index in [2.05, 4.69) is 15.2 Å². The van der Waals surface area contributed by atoms with Crippen LogP contribution < -0.4 is 11.1 Å². The number of nitrogens with one attached hydrogen (secondary N) is 1. The summed E-state index contributed by atoms with van der Waals surface area (Å²) in [7, 11) is 0. The van der Waals surface area contributed by atoms with Crippen LogP contribution in [-0.4, -0.2) is 42.1 Å². The van der Waals surface area contributed by atoms with Crippen LogP contribution in [0.2, 0.25) is 0 Å².